The van der Waals surface area contributed by atoms with Crippen molar-refractivity contribution in [1.82, 2.24) is 9.76 Å². The predicted molar refractivity (Wildman–Crippen MR) is 83.2 cm³/mol. The SMILES string of the molecule is CCCCCOC1CCOP(=O)(NCCCl)N1CCC. The number of hydrogen-bond acceptors (Lipinski definition) is 3. The van der Waals surface area contributed by atoms with Gasteiger partial charge < -0.3 is 9.26 Å². The quantitative estimate of drug-likeness (QED) is 0.378. The average molecular weight is 327 g/mol. The van der Waals surface area contributed by atoms with Gasteiger partial charge in [-0.25, -0.2) is 5.09 Å². The van der Waals surface area contributed by atoms with Gasteiger partial charge >= 0.3 is 7.67 Å². The van der Waals surface area contributed by atoms with Gasteiger partial charge in [0, 0.05) is 32.0 Å². The smallest absolute Gasteiger partial charge is 0.345 e. The second-order valence-corrected chi connectivity index (χ2v) is 7.44. The zero-order chi connectivity index (χ0) is 14.8. The van der Waals surface area contributed by atoms with E-state index in [1.54, 1.807) is 0 Å². The molecule has 20 heavy (non-hydrogen) atoms. The molecule has 0 radical (unpaired) electrons. The number of rotatable bonds is 10. The summed E-state index contributed by atoms with van der Waals surface area (Å²) in [6.07, 6.45) is 4.94. The van der Waals surface area contributed by atoms with E-state index in [4.69, 9.17) is 20.9 Å². The molecule has 0 amide bonds. The lowest BCUT2D eigenvalue weighted by molar-refractivity contribution is -0.0565. The molecular weight excluding hydrogens is 299 g/mol. The van der Waals surface area contributed by atoms with Gasteiger partial charge in [0.2, 0.25) is 0 Å². The normalized spacial score (nSPS) is 27.9. The molecule has 0 saturated carbocycles. The minimum Gasteiger partial charge on any atom is -0.363 e. The van der Waals surface area contributed by atoms with Crippen molar-refractivity contribution in [2.75, 3.05) is 32.2 Å². The Morgan fingerprint density at radius 1 is 1.40 bits per heavy atom. The molecule has 2 unspecified atom stereocenters. The van der Waals surface area contributed by atoms with Crippen molar-refractivity contribution in [1.29, 1.82) is 0 Å². The van der Waals surface area contributed by atoms with Crippen molar-refractivity contribution in [2.24, 2.45) is 0 Å². The van der Waals surface area contributed by atoms with Gasteiger partial charge in [0.1, 0.15) is 6.23 Å². The third-order valence-corrected chi connectivity index (χ3v) is 5.70. The fourth-order valence-electron chi connectivity index (χ4n) is 2.24. The molecule has 5 nitrogen and oxygen atoms in total. The van der Waals surface area contributed by atoms with Gasteiger partial charge in [0.05, 0.1) is 6.61 Å². The summed E-state index contributed by atoms with van der Waals surface area (Å²) in [5, 5.41) is 2.96. The topological polar surface area (TPSA) is 50.8 Å². The van der Waals surface area contributed by atoms with Crippen LogP contribution < -0.4 is 5.09 Å². The molecule has 0 bridgehead atoms. The minimum atomic E-state index is -2.99. The van der Waals surface area contributed by atoms with E-state index in [0.29, 0.717) is 32.2 Å². The van der Waals surface area contributed by atoms with Gasteiger partial charge in [-0.2, -0.15) is 4.67 Å². The largest absolute Gasteiger partial charge is 0.363 e. The predicted octanol–water partition coefficient (Wildman–Crippen LogP) is 3.59. The third-order valence-electron chi connectivity index (χ3n) is 3.22. The Morgan fingerprint density at radius 3 is 2.85 bits per heavy atom. The number of unbranched alkanes of at least 4 members (excludes halogenated alkanes) is 2. The van der Waals surface area contributed by atoms with Crippen molar-refractivity contribution in [2.45, 2.75) is 52.2 Å². The van der Waals surface area contributed by atoms with Gasteiger partial charge in [-0.05, 0) is 12.8 Å². The van der Waals surface area contributed by atoms with E-state index in [1.165, 1.54) is 12.8 Å². The maximum absolute atomic E-state index is 12.9. The molecular formula is C13H28ClN2O3P. The highest BCUT2D eigenvalue weighted by Gasteiger charge is 2.40. The molecule has 1 N–H and O–H groups in total. The maximum Gasteiger partial charge on any atom is 0.345 e. The van der Waals surface area contributed by atoms with Crippen molar-refractivity contribution in [3.63, 3.8) is 0 Å². The molecule has 1 saturated heterocycles. The molecule has 7 heteroatoms. The van der Waals surface area contributed by atoms with E-state index in [0.717, 1.165) is 19.3 Å². The summed E-state index contributed by atoms with van der Waals surface area (Å²) < 4.78 is 26.2. The van der Waals surface area contributed by atoms with Crippen LogP contribution in [0, 0.1) is 0 Å². The molecule has 120 valence electrons. The number of hydrogen-bond donors (Lipinski definition) is 1. The lowest BCUT2D eigenvalue weighted by atomic mass is 10.3. The summed E-state index contributed by atoms with van der Waals surface area (Å²) in [4.78, 5) is 0. The van der Waals surface area contributed by atoms with E-state index < -0.39 is 7.67 Å². The monoisotopic (exact) mass is 326 g/mol. The van der Waals surface area contributed by atoms with Crippen LogP contribution in [0.3, 0.4) is 0 Å². The summed E-state index contributed by atoms with van der Waals surface area (Å²) in [5.41, 5.74) is 0. The van der Waals surface area contributed by atoms with Crippen LogP contribution in [0.1, 0.15) is 46.0 Å². The van der Waals surface area contributed by atoms with Gasteiger partial charge in [0.25, 0.3) is 0 Å². The Morgan fingerprint density at radius 2 is 2.20 bits per heavy atom. The molecule has 0 aromatic carbocycles. The van der Waals surface area contributed by atoms with Crippen LogP contribution in [0.4, 0.5) is 0 Å². The van der Waals surface area contributed by atoms with E-state index in [9.17, 15) is 4.57 Å². The second-order valence-electron chi connectivity index (χ2n) is 4.94. The lowest BCUT2D eigenvalue weighted by Crippen LogP contribution is -2.44. The van der Waals surface area contributed by atoms with E-state index in [1.807, 2.05) is 4.67 Å². The highest BCUT2D eigenvalue weighted by molar-refractivity contribution is 7.54. The summed E-state index contributed by atoms with van der Waals surface area (Å²) in [7, 11) is -2.99. The second kappa shape index (κ2) is 10.1. The van der Waals surface area contributed by atoms with Crippen LogP contribution in [-0.2, 0) is 13.8 Å². The average Bonchev–Trinajstić information content (AvgIpc) is 2.45. The molecule has 0 spiro atoms. The number of nitrogens with one attached hydrogen (secondary N) is 1. The number of alkyl halides is 1. The third kappa shape index (κ3) is 5.63. The Labute approximate surface area is 127 Å². The molecule has 1 rings (SSSR count). The first-order chi connectivity index (χ1) is 9.68. The van der Waals surface area contributed by atoms with Crippen molar-refractivity contribution < 1.29 is 13.8 Å². The Kier molecular flexibility index (Phi) is 9.34. The Hall–Kier alpha value is 0.360. The van der Waals surface area contributed by atoms with Crippen LogP contribution in [0.2, 0.25) is 0 Å². The first-order valence-corrected chi connectivity index (χ1v) is 9.73. The highest BCUT2D eigenvalue weighted by atomic mass is 35.5. The van der Waals surface area contributed by atoms with Crippen LogP contribution in [-0.4, -0.2) is 43.1 Å². The van der Waals surface area contributed by atoms with E-state index >= 15 is 0 Å². The van der Waals surface area contributed by atoms with E-state index in [2.05, 4.69) is 18.9 Å². The molecule has 1 fully saturated rings. The molecule has 0 aliphatic carbocycles. The summed E-state index contributed by atoms with van der Waals surface area (Å²) in [6, 6.07) is 0. The van der Waals surface area contributed by atoms with Crippen LogP contribution >= 0.6 is 19.3 Å². The van der Waals surface area contributed by atoms with Gasteiger partial charge in [0.15, 0.2) is 0 Å². The summed E-state index contributed by atoms with van der Waals surface area (Å²) in [6.45, 7) is 6.59. The van der Waals surface area contributed by atoms with Gasteiger partial charge in [-0.15, -0.1) is 11.6 Å². The number of nitrogens with zero attached hydrogens (tertiary/aromatic N) is 1. The number of halogens is 1. The Balaban J connectivity index is 2.59. The molecule has 0 aromatic heterocycles. The first-order valence-electron chi connectivity index (χ1n) is 7.62. The molecule has 0 aromatic rings. The van der Waals surface area contributed by atoms with Crippen molar-refractivity contribution in [3.8, 4) is 0 Å². The first kappa shape index (κ1) is 18.4. The van der Waals surface area contributed by atoms with Gasteiger partial charge in [-0.3, -0.25) is 4.57 Å². The highest BCUT2D eigenvalue weighted by Crippen LogP contribution is 2.51. The van der Waals surface area contributed by atoms with Crippen LogP contribution in [0.5, 0.6) is 0 Å². The zero-order valence-electron chi connectivity index (χ0n) is 12.6. The molecule has 1 aliphatic heterocycles. The fourth-order valence-corrected chi connectivity index (χ4v) is 4.61. The van der Waals surface area contributed by atoms with Gasteiger partial charge in [-0.1, -0.05) is 26.7 Å². The van der Waals surface area contributed by atoms with Crippen molar-refractivity contribution >= 4 is 19.3 Å². The maximum atomic E-state index is 12.9. The number of ether oxygens (including phenoxy) is 1. The van der Waals surface area contributed by atoms with Crippen LogP contribution in [0.15, 0.2) is 0 Å². The summed E-state index contributed by atoms with van der Waals surface area (Å²) >= 11 is 5.67. The molecule has 2 atom stereocenters. The van der Waals surface area contributed by atoms with Crippen LogP contribution in [0.25, 0.3) is 0 Å². The van der Waals surface area contributed by atoms with E-state index in [-0.39, 0.29) is 6.23 Å². The molecule has 1 heterocycles. The zero-order valence-corrected chi connectivity index (χ0v) is 14.3. The fraction of sp³-hybridized carbons (Fsp3) is 1.00. The Bertz CT molecular complexity index is 307. The summed E-state index contributed by atoms with van der Waals surface area (Å²) in [5.74, 6) is 0.412. The minimum absolute atomic E-state index is 0.116. The lowest BCUT2D eigenvalue weighted by Gasteiger charge is -2.40. The van der Waals surface area contributed by atoms with Crippen molar-refractivity contribution in [3.05, 3.63) is 0 Å². The molecule has 1 aliphatic rings. The standard InChI is InChI=1S/C13H28ClN2O3P/c1-3-5-6-11-18-13-7-12-19-20(17,15-9-8-14)16(13)10-4-2/h13H,3-12H2,1-2H3,(H,15,17).